The Morgan fingerprint density at radius 2 is 1.84 bits per heavy atom. The molecular formula is C13H12N2O4. The topological polar surface area (TPSA) is 81.3 Å². The van der Waals surface area contributed by atoms with Crippen LogP contribution in [0.5, 0.6) is 0 Å². The molecule has 1 aromatic carbocycles. The smallest absolute Gasteiger partial charge is 0.323 e. The number of hydrogen-bond acceptors (Lipinski definition) is 3. The van der Waals surface area contributed by atoms with Crippen LogP contribution in [0.25, 0.3) is 5.69 Å². The van der Waals surface area contributed by atoms with Crippen molar-refractivity contribution in [3.8, 4) is 5.69 Å². The van der Waals surface area contributed by atoms with E-state index in [0.717, 1.165) is 10.1 Å². The van der Waals surface area contributed by atoms with Gasteiger partial charge in [0.15, 0.2) is 0 Å². The average molecular weight is 260 g/mol. The fourth-order valence-corrected chi connectivity index (χ4v) is 1.80. The van der Waals surface area contributed by atoms with Crippen LogP contribution in [0.15, 0.2) is 46.2 Å². The van der Waals surface area contributed by atoms with Crippen LogP contribution in [0.1, 0.15) is 5.56 Å². The number of carbonyl (C=O) groups is 1. The van der Waals surface area contributed by atoms with Gasteiger partial charge in [0.25, 0.3) is 0 Å². The molecular weight excluding hydrogens is 248 g/mol. The van der Waals surface area contributed by atoms with Crippen LogP contribution >= 0.6 is 0 Å². The molecule has 98 valence electrons. The second kappa shape index (κ2) is 4.93. The summed E-state index contributed by atoms with van der Waals surface area (Å²) < 4.78 is 2.09. The highest BCUT2D eigenvalue weighted by atomic mass is 16.4. The van der Waals surface area contributed by atoms with E-state index < -0.39 is 23.6 Å². The van der Waals surface area contributed by atoms with Gasteiger partial charge < -0.3 is 5.11 Å². The lowest BCUT2D eigenvalue weighted by molar-refractivity contribution is -0.137. The number of benzene rings is 1. The summed E-state index contributed by atoms with van der Waals surface area (Å²) in [6, 6.07) is 7.13. The summed E-state index contributed by atoms with van der Waals surface area (Å²) in [5.74, 6) is -1.17. The van der Waals surface area contributed by atoms with Gasteiger partial charge in [-0.05, 0) is 18.6 Å². The average Bonchev–Trinajstić information content (AvgIpc) is 2.36. The van der Waals surface area contributed by atoms with E-state index in [0.29, 0.717) is 5.69 Å². The van der Waals surface area contributed by atoms with Crippen molar-refractivity contribution in [1.82, 2.24) is 9.13 Å². The summed E-state index contributed by atoms with van der Waals surface area (Å²) in [6.45, 7) is 1.30. The first-order valence-corrected chi connectivity index (χ1v) is 5.60. The van der Waals surface area contributed by atoms with E-state index in [1.165, 1.54) is 17.0 Å². The molecule has 19 heavy (non-hydrogen) atoms. The van der Waals surface area contributed by atoms with Gasteiger partial charge in [0.1, 0.15) is 6.54 Å². The zero-order valence-corrected chi connectivity index (χ0v) is 10.2. The standard InChI is InChI=1S/C13H12N2O4/c1-9-4-2-3-5-10(9)15-7-6-14(8-11(16)17)12(18)13(15)19/h2-7H,8H2,1H3,(H,16,17). The van der Waals surface area contributed by atoms with Gasteiger partial charge in [0.05, 0.1) is 5.69 Å². The first kappa shape index (κ1) is 12.8. The second-order valence-electron chi connectivity index (χ2n) is 4.09. The van der Waals surface area contributed by atoms with Crippen LogP contribution in [-0.4, -0.2) is 20.2 Å². The van der Waals surface area contributed by atoms with Gasteiger partial charge in [-0.2, -0.15) is 0 Å². The number of rotatable bonds is 3. The predicted molar refractivity (Wildman–Crippen MR) is 68.7 cm³/mol. The molecule has 1 heterocycles. The normalized spacial score (nSPS) is 10.4. The maximum absolute atomic E-state index is 12.0. The quantitative estimate of drug-likeness (QED) is 0.809. The van der Waals surface area contributed by atoms with Gasteiger partial charge in [0, 0.05) is 12.4 Å². The van der Waals surface area contributed by atoms with Gasteiger partial charge in [-0.15, -0.1) is 0 Å². The number of carboxylic acid groups (broad SMARTS) is 1. The monoisotopic (exact) mass is 260 g/mol. The zero-order valence-electron chi connectivity index (χ0n) is 10.2. The highest BCUT2D eigenvalue weighted by molar-refractivity contribution is 5.66. The Hall–Kier alpha value is -2.63. The highest BCUT2D eigenvalue weighted by Crippen LogP contribution is 2.09. The third kappa shape index (κ3) is 2.47. The molecule has 0 spiro atoms. The summed E-state index contributed by atoms with van der Waals surface area (Å²) in [7, 11) is 0. The molecule has 0 amide bonds. The predicted octanol–water partition coefficient (Wildman–Crippen LogP) is 0.392. The van der Waals surface area contributed by atoms with Crippen molar-refractivity contribution in [3.05, 3.63) is 62.9 Å². The van der Waals surface area contributed by atoms with E-state index in [1.807, 2.05) is 19.1 Å². The number of hydrogen-bond donors (Lipinski definition) is 1. The van der Waals surface area contributed by atoms with Crippen molar-refractivity contribution in [3.63, 3.8) is 0 Å². The molecule has 0 fully saturated rings. The zero-order chi connectivity index (χ0) is 14.0. The fourth-order valence-electron chi connectivity index (χ4n) is 1.80. The number of aryl methyl sites for hydroxylation is 1. The van der Waals surface area contributed by atoms with E-state index >= 15 is 0 Å². The van der Waals surface area contributed by atoms with Gasteiger partial charge in [-0.1, -0.05) is 18.2 Å². The number of nitrogens with zero attached hydrogens (tertiary/aromatic N) is 2. The first-order valence-electron chi connectivity index (χ1n) is 5.60. The molecule has 6 nitrogen and oxygen atoms in total. The lowest BCUT2D eigenvalue weighted by Gasteiger charge is -2.09. The maximum Gasteiger partial charge on any atom is 0.323 e. The summed E-state index contributed by atoms with van der Waals surface area (Å²) in [5, 5.41) is 8.64. The molecule has 1 N–H and O–H groups in total. The summed E-state index contributed by atoms with van der Waals surface area (Å²) in [6.07, 6.45) is 2.69. The van der Waals surface area contributed by atoms with Crippen LogP contribution in [0, 0.1) is 6.92 Å². The van der Waals surface area contributed by atoms with Gasteiger partial charge in [-0.25, -0.2) is 0 Å². The van der Waals surface area contributed by atoms with Crippen molar-refractivity contribution in [1.29, 1.82) is 0 Å². The van der Waals surface area contributed by atoms with Crippen LogP contribution in [0.2, 0.25) is 0 Å². The molecule has 0 unspecified atom stereocenters. The highest BCUT2D eigenvalue weighted by Gasteiger charge is 2.09. The van der Waals surface area contributed by atoms with Gasteiger partial charge in [0.2, 0.25) is 0 Å². The Morgan fingerprint density at radius 3 is 2.47 bits per heavy atom. The number of para-hydroxylation sites is 1. The van der Waals surface area contributed by atoms with Crippen molar-refractivity contribution < 1.29 is 9.90 Å². The second-order valence-corrected chi connectivity index (χ2v) is 4.09. The number of carboxylic acids is 1. The largest absolute Gasteiger partial charge is 0.480 e. The van der Waals surface area contributed by atoms with E-state index in [-0.39, 0.29) is 0 Å². The third-order valence-electron chi connectivity index (χ3n) is 2.74. The van der Waals surface area contributed by atoms with Crippen molar-refractivity contribution in [2.75, 3.05) is 0 Å². The molecule has 0 radical (unpaired) electrons. The fraction of sp³-hybridized carbons (Fsp3) is 0.154. The molecule has 0 saturated heterocycles. The van der Waals surface area contributed by atoms with Crippen LogP contribution in [0.3, 0.4) is 0 Å². The molecule has 0 aliphatic heterocycles. The summed E-state index contributed by atoms with van der Waals surface area (Å²) in [4.78, 5) is 34.3. The van der Waals surface area contributed by atoms with E-state index in [1.54, 1.807) is 12.1 Å². The minimum atomic E-state index is -1.17. The molecule has 0 atom stereocenters. The minimum absolute atomic E-state index is 0.525. The number of aromatic nitrogens is 2. The van der Waals surface area contributed by atoms with E-state index in [2.05, 4.69) is 0 Å². The number of aliphatic carboxylic acids is 1. The third-order valence-corrected chi connectivity index (χ3v) is 2.74. The van der Waals surface area contributed by atoms with Gasteiger partial charge in [-0.3, -0.25) is 23.5 Å². The van der Waals surface area contributed by atoms with Crippen LogP contribution in [0.4, 0.5) is 0 Å². The molecule has 2 aromatic rings. The summed E-state index contributed by atoms with van der Waals surface area (Å²) in [5.41, 5.74) is -0.168. The van der Waals surface area contributed by atoms with Crippen molar-refractivity contribution in [2.24, 2.45) is 0 Å². The minimum Gasteiger partial charge on any atom is -0.480 e. The molecule has 2 rings (SSSR count). The van der Waals surface area contributed by atoms with Crippen LogP contribution < -0.4 is 11.1 Å². The van der Waals surface area contributed by atoms with Crippen molar-refractivity contribution in [2.45, 2.75) is 13.5 Å². The molecule has 0 aliphatic carbocycles. The Labute approximate surface area is 108 Å². The van der Waals surface area contributed by atoms with E-state index in [4.69, 9.17) is 5.11 Å². The van der Waals surface area contributed by atoms with Crippen LogP contribution in [-0.2, 0) is 11.3 Å². The SMILES string of the molecule is Cc1ccccc1-n1ccn(CC(=O)O)c(=O)c1=O. The Bertz CT molecular complexity index is 743. The lowest BCUT2D eigenvalue weighted by Crippen LogP contribution is -2.41. The Morgan fingerprint density at radius 1 is 1.16 bits per heavy atom. The molecule has 0 aliphatic rings. The van der Waals surface area contributed by atoms with Gasteiger partial charge >= 0.3 is 17.1 Å². The van der Waals surface area contributed by atoms with E-state index in [9.17, 15) is 14.4 Å². The molecule has 6 heteroatoms. The summed E-state index contributed by atoms with van der Waals surface area (Å²) >= 11 is 0. The van der Waals surface area contributed by atoms with Crippen molar-refractivity contribution >= 4 is 5.97 Å². The molecule has 1 aromatic heterocycles. The molecule has 0 saturated carbocycles. The molecule has 0 bridgehead atoms. The maximum atomic E-state index is 12.0. The first-order chi connectivity index (χ1) is 9.00. The lowest BCUT2D eigenvalue weighted by atomic mass is 10.2. The Kier molecular flexibility index (Phi) is 3.33. The Balaban J connectivity index is 2.60.